The van der Waals surface area contributed by atoms with Gasteiger partial charge in [0.25, 0.3) is 0 Å². The second kappa shape index (κ2) is 46.8. The van der Waals surface area contributed by atoms with Gasteiger partial charge in [-0.3, -0.25) is 14.4 Å². The third kappa shape index (κ3) is 45.0. The number of ether oxygens (including phenoxy) is 3. The lowest BCUT2D eigenvalue weighted by atomic mass is 10.1. The summed E-state index contributed by atoms with van der Waals surface area (Å²) in [5, 5.41) is 0. The minimum absolute atomic E-state index is 0.117. The van der Waals surface area contributed by atoms with Crippen molar-refractivity contribution in [3.05, 3.63) is 109 Å². The van der Waals surface area contributed by atoms with Crippen molar-refractivity contribution < 1.29 is 28.6 Å². The molecule has 332 valence electrons. The number of rotatable bonds is 40. The third-order valence-electron chi connectivity index (χ3n) is 9.26. The number of hydrogen-bond acceptors (Lipinski definition) is 6. The summed E-state index contributed by atoms with van der Waals surface area (Å²) in [5.41, 5.74) is 0. The summed E-state index contributed by atoms with van der Waals surface area (Å²) in [6, 6.07) is 0. The van der Waals surface area contributed by atoms with Crippen LogP contribution in [0.3, 0.4) is 0 Å². The predicted molar refractivity (Wildman–Crippen MR) is 251 cm³/mol. The standard InChI is InChI=1S/C53H84O6/c1-4-7-10-13-16-19-22-24-26-27-29-31-34-37-40-43-46-52(55)58-49-50(48-57-51(54)45-42-39-36-33-30-21-18-15-12-9-6-3)59-53(56)47-44-41-38-35-32-28-25-23-20-17-14-11-8-5-2/h7-8,10-11,15-20,24-26,28-29,31,37,40,50H,4-6,9,12-14,21-23,27,30,32-36,38-39,41-49H2,1-3H3/b10-7-,11-8-,18-15-,19-16-,20-17-,26-24-,28-25-,31-29-,40-37-. The molecule has 0 fully saturated rings. The Bertz CT molecular complexity index is 1260. The normalized spacial score (nSPS) is 13.1. The van der Waals surface area contributed by atoms with Gasteiger partial charge in [0, 0.05) is 19.3 Å². The van der Waals surface area contributed by atoms with Crippen LogP contribution in [0, 0.1) is 0 Å². The van der Waals surface area contributed by atoms with Crippen LogP contribution in [-0.4, -0.2) is 37.2 Å². The molecule has 0 saturated carbocycles. The van der Waals surface area contributed by atoms with Crippen molar-refractivity contribution in [2.75, 3.05) is 13.2 Å². The van der Waals surface area contributed by atoms with E-state index in [2.05, 4.69) is 118 Å². The fourth-order valence-corrected chi connectivity index (χ4v) is 5.78. The maximum Gasteiger partial charge on any atom is 0.306 e. The Hall–Kier alpha value is -3.93. The van der Waals surface area contributed by atoms with Crippen molar-refractivity contribution in [2.24, 2.45) is 0 Å². The molecule has 6 nitrogen and oxygen atoms in total. The lowest BCUT2D eigenvalue weighted by Gasteiger charge is -2.18. The first-order valence-electron chi connectivity index (χ1n) is 23.4. The fourth-order valence-electron chi connectivity index (χ4n) is 5.78. The molecule has 0 saturated heterocycles. The zero-order valence-electron chi connectivity index (χ0n) is 37.7. The quantitative estimate of drug-likeness (QED) is 0.0265. The van der Waals surface area contributed by atoms with Crippen LogP contribution in [0.25, 0.3) is 0 Å². The zero-order valence-corrected chi connectivity index (χ0v) is 37.7. The molecule has 0 amide bonds. The molecule has 0 aromatic heterocycles. The maximum atomic E-state index is 12.7. The molecule has 6 heteroatoms. The van der Waals surface area contributed by atoms with E-state index in [4.69, 9.17) is 14.2 Å². The molecule has 0 rings (SSSR count). The van der Waals surface area contributed by atoms with Crippen molar-refractivity contribution >= 4 is 17.9 Å². The third-order valence-corrected chi connectivity index (χ3v) is 9.26. The maximum absolute atomic E-state index is 12.7. The van der Waals surface area contributed by atoms with E-state index in [0.717, 1.165) is 116 Å². The average Bonchev–Trinajstić information content (AvgIpc) is 3.23. The van der Waals surface area contributed by atoms with Crippen LogP contribution in [0.15, 0.2) is 109 Å². The predicted octanol–water partition coefficient (Wildman–Crippen LogP) is 15.2. The number of esters is 3. The van der Waals surface area contributed by atoms with Gasteiger partial charge in [0.15, 0.2) is 6.10 Å². The number of unbranched alkanes of at least 4 members (excludes halogenated alkanes) is 11. The van der Waals surface area contributed by atoms with Gasteiger partial charge in [0.1, 0.15) is 13.2 Å². The van der Waals surface area contributed by atoms with Crippen LogP contribution in [0.4, 0.5) is 0 Å². The molecule has 0 spiro atoms. The number of carbonyl (C=O) groups is 3. The molecule has 59 heavy (non-hydrogen) atoms. The van der Waals surface area contributed by atoms with Crippen LogP contribution in [0.1, 0.15) is 188 Å². The van der Waals surface area contributed by atoms with Crippen molar-refractivity contribution in [3.63, 3.8) is 0 Å². The van der Waals surface area contributed by atoms with E-state index in [1.165, 1.54) is 25.7 Å². The Morgan fingerprint density at radius 2 is 0.695 bits per heavy atom. The summed E-state index contributed by atoms with van der Waals surface area (Å²) in [6.07, 6.45) is 62.2. The highest BCUT2D eigenvalue weighted by Crippen LogP contribution is 2.12. The topological polar surface area (TPSA) is 78.9 Å². The summed E-state index contributed by atoms with van der Waals surface area (Å²) in [6.45, 7) is 6.25. The molecule has 1 unspecified atom stereocenters. The van der Waals surface area contributed by atoms with Crippen molar-refractivity contribution in [2.45, 2.75) is 194 Å². The largest absolute Gasteiger partial charge is 0.462 e. The minimum Gasteiger partial charge on any atom is -0.462 e. The summed E-state index contributed by atoms with van der Waals surface area (Å²) in [5.74, 6) is -1.05. The Labute approximate surface area is 361 Å². The molecule has 1 atom stereocenters. The summed E-state index contributed by atoms with van der Waals surface area (Å²) in [4.78, 5) is 37.8. The lowest BCUT2D eigenvalue weighted by Crippen LogP contribution is -2.30. The van der Waals surface area contributed by atoms with Gasteiger partial charge < -0.3 is 14.2 Å². The van der Waals surface area contributed by atoms with Crippen molar-refractivity contribution in [1.82, 2.24) is 0 Å². The highest BCUT2D eigenvalue weighted by molar-refractivity contribution is 5.71. The van der Waals surface area contributed by atoms with E-state index in [0.29, 0.717) is 12.8 Å². The lowest BCUT2D eigenvalue weighted by molar-refractivity contribution is -0.166. The second-order valence-electron chi connectivity index (χ2n) is 14.9. The molecular weight excluding hydrogens is 733 g/mol. The molecule has 0 aliphatic rings. The average molecular weight is 817 g/mol. The van der Waals surface area contributed by atoms with E-state index >= 15 is 0 Å². The molecule has 0 aromatic carbocycles. The highest BCUT2D eigenvalue weighted by Gasteiger charge is 2.19. The van der Waals surface area contributed by atoms with Crippen molar-refractivity contribution in [1.29, 1.82) is 0 Å². The Kier molecular flexibility index (Phi) is 43.6. The minimum atomic E-state index is -0.823. The van der Waals surface area contributed by atoms with E-state index < -0.39 is 6.10 Å². The highest BCUT2D eigenvalue weighted by atomic mass is 16.6. The van der Waals surface area contributed by atoms with E-state index in [1.807, 2.05) is 12.2 Å². The van der Waals surface area contributed by atoms with Gasteiger partial charge in [0.05, 0.1) is 0 Å². The monoisotopic (exact) mass is 817 g/mol. The SMILES string of the molecule is CC/C=C\C/C=C\C/C=C\C/C=C\C/C=C\CCC(=O)OCC(COC(=O)CCCCCCC/C=C\CCCC)OC(=O)CCCCCC/C=C\C/C=C\C/C=C\CC. The molecule has 0 radical (unpaired) electrons. The molecule has 0 heterocycles. The van der Waals surface area contributed by atoms with Crippen LogP contribution >= 0.6 is 0 Å². The van der Waals surface area contributed by atoms with Gasteiger partial charge in [-0.25, -0.2) is 0 Å². The van der Waals surface area contributed by atoms with Gasteiger partial charge >= 0.3 is 17.9 Å². The number of hydrogen-bond donors (Lipinski definition) is 0. The van der Waals surface area contributed by atoms with Crippen LogP contribution in [0.2, 0.25) is 0 Å². The Morgan fingerprint density at radius 3 is 1.15 bits per heavy atom. The van der Waals surface area contributed by atoms with Crippen LogP contribution < -0.4 is 0 Å². The number of carbonyl (C=O) groups excluding carboxylic acids is 3. The van der Waals surface area contributed by atoms with Crippen molar-refractivity contribution in [3.8, 4) is 0 Å². The fraction of sp³-hybridized carbons (Fsp3) is 0.604. The summed E-state index contributed by atoms with van der Waals surface area (Å²) < 4.78 is 16.6. The summed E-state index contributed by atoms with van der Waals surface area (Å²) >= 11 is 0. The van der Waals surface area contributed by atoms with Crippen LogP contribution in [-0.2, 0) is 28.6 Å². The smallest absolute Gasteiger partial charge is 0.306 e. The first kappa shape index (κ1) is 55.1. The molecular formula is C53H84O6. The molecule has 0 aliphatic carbocycles. The van der Waals surface area contributed by atoms with E-state index in [9.17, 15) is 14.4 Å². The van der Waals surface area contributed by atoms with Gasteiger partial charge in [-0.15, -0.1) is 0 Å². The second-order valence-corrected chi connectivity index (χ2v) is 14.9. The number of allylic oxidation sites excluding steroid dienone is 18. The van der Waals surface area contributed by atoms with Gasteiger partial charge in [-0.2, -0.15) is 0 Å². The van der Waals surface area contributed by atoms with E-state index in [1.54, 1.807) is 0 Å². The molecule has 0 N–H and O–H groups in total. The van der Waals surface area contributed by atoms with Crippen LogP contribution in [0.5, 0.6) is 0 Å². The molecule has 0 bridgehead atoms. The van der Waals surface area contributed by atoms with E-state index in [-0.39, 0.29) is 44.0 Å². The van der Waals surface area contributed by atoms with Gasteiger partial charge in [0.2, 0.25) is 0 Å². The molecule has 0 aromatic rings. The first-order valence-corrected chi connectivity index (χ1v) is 23.4. The van der Waals surface area contributed by atoms with Gasteiger partial charge in [-0.1, -0.05) is 175 Å². The first-order chi connectivity index (χ1) is 29.0. The summed E-state index contributed by atoms with van der Waals surface area (Å²) in [7, 11) is 0. The zero-order chi connectivity index (χ0) is 43.0. The van der Waals surface area contributed by atoms with Gasteiger partial charge in [-0.05, 0) is 103 Å². The Morgan fingerprint density at radius 1 is 0.356 bits per heavy atom. The molecule has 0 aliphatic heterocycles. The Balaban J connectivity index is 4.56.